The molecule has 1 radical (unpaired) electrons. The van der Waals surface area contributed by atoms with E-state index in [2.05, 4.69) is 21.4 Å². The molecular formula is C11H9N4O2. The molecule has 17 heavy (non-hydrogen) atoms. The number of nitrogens with zero attached hydrogens (tertiary/aromatic N) is 4. The molecule has 3 rings (SSSR count). The van der Waals surface area contributed by atoms with Gasteiger partial charge in [0.05, 0.1) is 19.3 Å². The van der Waals surface area contributed by atoms with Gasteiger partial charge in [-0.1, -0.05) is 5.16 Å². The highest BCUT2D eigenvalue weighted by molar-refractivity contribution is 5.79. The molecule has 6 heteroatoms. The van der Waals surface area contributed by atoms with E-state index in [1.807, 2.05) is 18.3 Å². The Morgan fingerprint density at radius 1 is 1.53 bits per heavy atom. The van der Waals surface area contributed by atoms with Gasteiger partial charge in [0.25, 0.3) is 5.71 Å². The predicted octanol–water partition coefficient (Wildman–Crippen LogP) is 1.28. The van der Waals surface area contributed by atoms with Gasteiger partial charge < -0.3 is 9.26 Å². The summed E-state index contributed by atoms with van der Waals surface area (Å²) < 4.78 is 12.0. The summed E-state index contributed by atoms with van der Waals surface area (Å²) >= 11 is 0. The van der Waals surface area contributed by atoms with Gasteiger partial charge in [0.2, 0.25) is 0 Å². The molecule has 0 aliphatic rings. The standard InChI is InChI=1S/C11H9N4O2/c1-16-10-5-8(7-15-4-2-3-12-15)14-11-9(10)6-13-17-11/h2-5H,7H2,1H3. The lowest BCUT2D eigenvalue weighted by Gasteiger charge is -2.04. The predicted molar refractivity (Wildman–Crippen MR) is 58.5 cm³/mol. The van der Waals surface area contributed by atoms with Crippen LogP contribution in [0.4, 0.5) is 0 Å². The van der Waals surface area contributed by atoms with Crippen LogP contribution in [0, 0.1) is 6.20 Å². The Morgan fingerprint density at radius 3 is 3.24 bits per heavy atom. The van der Waals surface area contributed by atoms with Crippen LogP contribution in [-0.4, -0.2) is 27.0 Å². The fourth-order valence-corrected chi connectivity index (χ4v) is 1.63. The van der Waals surface area contributed by atoms with Gasteiger partial charge in [-0.3, -0.25) is 4.68 Å². The second-order valence-electron chi connectivity index (χ2n) is 3.49. The van der Waals surface area contributed by atoms with Gasteiger partial charge >= 0.3 is 0 Å². The van der Waals surface area contributed by atoms with Crippen molar-refractivity contribution in [3.8, 4) is 5.75 Å². The molecule has 0 fully saturated rings. The highest BCUT2D eigenvalue weighted by Gasteiger charge is 2.10. The van der Waals surface area contributed by atoms with Crippen LogP contribution in [-0.2, 0) is 6.54 Å². The quantitative estimate of drug-likeness (QED) is 0.676. The smallest absolute Gasteiger partial charge is 0.262 e. The summed E-state index contributed by atoms with van der Waals surface area (Å²) in [5.74, 6) is 0.651. The summed E-state index contributed by atoms with van der Waals surface area (Å²) in [5, 5.41) is 8.35. The van der Waals surface area contributed by atoms with E-state index in [1.54, 1.807) is 18.0 Å². The first-order valence-corrected chi connectivity index (χ1v) is 5.05. The van der Waals surface area contributed by atoms with Crippen LogP contribution in [0.1, 0.15) is 5.69 Å². The van der Waals surface area contributed by atoms with E-state index in [1.165, 1.54) is 0 Å². The molecular weight excluding hydrogens is 220 g/mol. The number of rotatable bonds is 3. The summed E-state index contributed by atoms with van der Waals surface area (Å²) in [6.45, 7) is 0.556. The van der Waals surface area contributed by atoms with Crippen LogP contribution >= 0.6 is 0 Å². The van der Waals surface area contributed by atoms with Gasteiger partial charge in [-0.05, 0) is 6.07 Å². The van der Waals surface area contributed by atoms with Gasteiger partial charge in [-0.15, -0.1) is 0 Å². The molecule has 0 aliphatic heterocycles. The van der Waals surface area contributed by atoms with Crippen molar-refractivity contribution in [2.24, 2.45) is 0 Å². The monoisotopic (exact) mass is 229 g/mol. The van der Waals surface area contributed by atoms with Crippen molar-refractivity contribution in [1.29, 1.82) is 0 Å². The molecule has 0 saturated heterocycles. The number of hydrogen-bond donors (Lipinski definition) is 0. The zero-order valence-electron chi connectivity index (χ0n) is 9.12. The first-order valence-electron chi connectivity index (χ1n) is 5.05. The first-order chi connectivity index (χ1) is 8.36. The molecule has 85 valence electrons. The molecule has 3 heterocycles. The van der Waals surface area contributed by atoms with E-state index >= 15 is 0 Å². The molecule has 0 aliphatic carbocycles. The van der Waals surface area contributed by atoms with Gasteiger partial charge in [0.1, 0.15) is 17.3 Å². The fourth-order valence-electron chi connectivity index (χ4n) is 1.63. The molecule has 3 aromatic rings. The minimum Gasteiger partial charge on any atom is -0.496 e. The maximum Gasteiger partial charge on any atom is 0.262 e. The third-order valence-corrected chi connectivity index (χ3v) is 2.40. The highest BCUT2D eigenvalue weighted by atomic mass is 16.5. The normalized spacial score (nSPS) is 10.9. The number of aromatic nitrogens is 4. The average molecular weight is 229 g/mol. The fraction of sp³-hybridized carbons (Fsp3) is 0.182. The van der Waals surface area contributed by atoms with E-state index in [9.17, 15) is 0 Å². The lowest BCUT2D eigenvalue weighted by molar-refractivity contribution is 0.417. The summed E-state index contributed by atoms with van der Waals surface area (Å²) in [6.07, 6.45) is 6.28. The number of hydrogen-bond acceptors (Lipinski definition) is 5. The molecule has 0 atom stereocenters. The molecule has 0 amide bonds. The molecule has 0 N–H and O–H groups in total. The SMILES string of the molecule is COc1cc(Cn2cccn2)nc2on[c]c12. The minimum atomic E-state index is 0.423. The first kappa shape index (κ1) is 9.83. The van der Waals surface area contributed by atoms with Crippen molar-refractivity contribution in [3.05, 3.63) is 36.4 Å². The third kappa shape index (κ3) is 1.73. The van der Waals surface area contributed by atoms with Crippen LogP contribution in [0.2, 0.25) is 0 Å². The Hall–Kier alpha value is -2.37. The van der Waals surface area contributed by atoms with Gasteiger partial charge in [0.15, 0.2) is 0 Å². The van der Waals surface area contributed by atoms with Crippen LogP contribution < -0.4 is 4.74 Å². The second-order valence-corrected chi connectivity index (χ2v) is 3.49. The lowest BCUT2D eigenvalue weighted by Crippen LogP contribution is -2.02. The third-order valence-electron chi connectivity index (χ3n) is 2.40. The lowest BCUT2D eigenvalue weighted by atomic mass is 10.2. The van der Waals surface area contributed by atoms with Crippen LogP contribution in [0.25, 0.3) is 11.1 Å². The Kier molecular flexibility index (Phi) is 2.25. The molecule has 0 saturated carbocycles. The largest absolute Gasteiger partial charge is 0.496 e. The van der Waals surface area contributed by atoms with Crippen molar-refractivity contribution < 1.29 is 9.26 Å². The van der Waals surface area contributed by atoms with E-state index < -0.39 is 0 Å². The molecule has 6 nitrogen and oxygen atoms in total. The maximum atomic E-state index is 5.24. The van der Waals surface area contributed by atoms with E-state index in [0.29, 0.717) is 23.4 Å². The molecule has 0 spiro atoms. The molecule has 0 unspecified atom stereocenters. The van der Waals surface area contributed by atoms with Crippen molar-refractivity contribution in [3.63, 3.8) is 0 Å². The molecule has 0 aromatic carbocycles. The highest BCUT2D eigenvalue weighted by Crippen LogP contribution is 2.24. The van der Waals surface area contributed by atoms with E-state index in [0.717, 1.165) is 5.69 Å². The van der Waals surface area contributed by atoms with Crippen molar-refractivity contribution in [2.45, 2.75) is 6.54 Å². The summed E-state index contributed by atoms with van der Waals surface area (Å²) in [7, 11) is 1.59. The van der Waals surface area contributed by atoms with Gasteiger partial charge in [0, 0.05) is 18.5 Å². The molecule has 0 bridgehead atoms. The zero-order valence-corrected chi connectivity index (χ0v) is 9.12. The number of pyridine rings is 1. The maximum absolute atomic E-state index is 5.24. The Labute approximate surface area is 96.8 Å². The van der Waals surface area contributed by atoms with Crippen LogP contribution in [0.15, 0.2) is 29.0 Å². The molecule has 3 aromatic heterocycles. The van der Waals surface area contributed by atoms with Crippen LogP contribution in [0.5, 0.6) is 5.75 Å². The van der Waals surface area contributed by atoms with Crippen molar-refractivity contribution in [1.82, 2.24) is 19.9 Å². The number of fused-ring (bicyclic) bond motifs is 1. The summed E-state index contributed by atoms with van der Waals surface area (Å²) in [6, 6.07) is 3.69. The topological polar surface area (TPSA) is 66.0 Å². The average Bonchev–Trinajstić information content (AvgIpc) is 2.98. The van der Waals surface area contributed by atoms with E-state index in [4.69, 9.17) is 9.26 Å². The van der Waals surface area contributed by atoms with Crippen molar-refractivity contribution in [2.75, 3.05) is 7.11 Å². The Balaban J connectivity index is 2.04. The Morgan fingerprint density at radius 2 is 2.47 bits per heavy atom. The summed E-state index contributed by atoms with van der Waals surface area (Å²) in [5.41, 5.74) is 1.22. The van der Waals surface area contributed by atoms with Gasteiger partial charge in [-0.25, -0.2) is 4.98 Å². The van der Waals surface area contributed by atoms with Gasteiger partial charge in [-0.2, -0.15) is 5.10 Å². The van der Waals surface area contributed by atoms with E-state index in [-0.39, 0.29) is 0 Å². The second kappa shape index (κ2) is 3.89. The number of methoxy groups -OCH3 is 1. The number of ether oxygens (including phenoxy) is 1. The van der Waals surface area contributed by atoms with Crippen molar-refractivity contribution >= 4 is 11.1 Å². The minimum absolute atomic E-state index is 0.423. The summed E-state index contributed by atoms with van der Waals surface area (Å²) in [4.78, 5) is 4.32. The Bertz CT molecular complexity index is 630. The zero-order chi connectivity index (χ0) is 11.7. The van der Waals surface area contributed by atoms with Crippen LogP contribution in [0.3, 0.4) is 0 Å².